The number of rotatable bonds is 2. The van der Waals surface area contributed by atoms with E-state index >= 15 is 0 Å². The van der Waals surface area contributed by atoms with Crippen molar-refractivity contribution in [1.29, 1.82) is 0 Å². The molecule has 0 spiro atoms. The number of benzene rings is 1. The molecule has 0 bridgehead atoms. The van der Waals surface area contributed by atoms with Crippen LogP contribution in [0.4, 0.5) is 0 Å². The van der Waals surface area contributed by atoms with Crippen molar-refractivity contribution in [1.82, 2.24) is 0 Å². The molecule has 1 aromatic carbocycles. The van der Waals surface area contributed by atoms with Gasteiger partial charge >= 0.3 is 0 Å². The first-order valence-electron chi connectivity index (χ1n) is 5.55. The van der Waals surface area contributed by atoms with Crippen LogP contribution in [-0.2, 0) is 0 Å². The first-order valence-corrected chi connectivity index (χ1v) is 10.4. The van der Waals surface area contributed by atoms with Gasteiger partial charge in [0.1, 0.15) is 0 Å². The topological polar surface area (TPSA) is 0 Å². The van der Waals surface area contributed by atoms with Gasteiger partial charge < -0.3 is 0 Å². The largest absolute Gasteiger partial charge is 0.127 e. The zero-order valence-electron chi connectivity index (χ0n) is 9.79. The Kier molecular flexibility index (Phi) is 4.90. The monoisotopic (exact) mass is 554 g/mol. The van der Waals surface area contributed by atoms with Crippen LogP contribution < -0.4 is 0 Å². The molecule has 0 aliphatic heterocycles. The molecule has 0 saturated carbocycles. The van der Waals surface area contributed by atoms with Crippen molar-refractivity contribution in [3.8, 4) is 20.9 Å². The average molecular weight is 558 g/mol. The summed E-state index contributed by atoms with van der Waals surface area (Å²) < 4.78 is 4.52. The number of hydrogen-bond donors (Lipinski definition) is 0. The molecule has 0 radical (unpaired) electrons. The minimum Gasteiger partial charge on any atom is -0.127 e. The third kappa shape index (κ3) is 3.15. The summed E-state index contributed by atoms with van der Waals surface area (Å²) >= 11 is 17.7. The van der Waals surface area contributed by atoms with Crippen LogP contribution in [-0.4, -0.2) is 0 Å². The van der Waals surface area contributed by atoms with Crippen LogP contribution in [0.15, 0.2) is 52.9 Å². The second-order valence-corrected chi connectivity index (χ2v) is 10.6. The van der Waals surface area contributed by atoms with Crippen LogP contribution in [0.1, 0.15) is 0 Å². The van der Waals surface area contributed by atoms with Crippen molar-refractivity contribution < 1.29 is 0 Å². The second-order valence-electron chi connectivity index (χ2n) is 4.03. The molecule has 0 fully saturated rings. The quantitative estimate of drug-likeness (QED) is 0.298. The van der Waals surface area contributed by atoms with Gasteiger partial charge in [0.15, 0.2) is 0 Å². The zero-order chi connectivity index (χ0) is 14.3. The molecule has 2 aromatic heterocycles. The Morgan fingerprint density at radius 3 is 1.20 bits per heavy atom. The van der Waals surface area contributed by atoms with E-state index in [9.17, 15) is 0 Å². The van der Waals surface area contributed by atoms with Gasteiger partial charge in [-0.15, -0.1) is 22.7 Å². The lowest BCUT2D eigenvalue weighted by Crippen LogP contribution is -1.76. The van der Waals surface area contributed by atoms with Gasteiger partial charge in [-0.25, -0.2) is 0 Å². The Labute approximate surface area is 158 Å². The first kappa shape index (κ1) is 15.4. The van der Waals surface area contributed by atoms with E-state index in [1.807, 2.05) is 0 Å². The number of halogens is 4. The molecule has 2 heterocycles. The van der Waals surface area contributed by atoms with Crippen molar-refractivity contribution >= 4 is 86.4 Å². The van der Waals surface area contributed by atoms with Gasteiger partial charge in [0.05, 0.1) is 7.57 Å². The van der Waals surface area contributed by atoms with Crippen LogP contribution in [0.25, 0.3) is 20.9 Å². The predicted molar refractivity (Wildman–Crippen MR) is 104 cm³/mol. The molecule has 102 valence electrons. The Morgan fingerprint density at radius 1 is 0.600 bits per heavy atom. The molecule has 0 N–H and O–H groups in total. The van der Waals surface area contributed by atoms with Gasteiger partial charge in [-0.3, -0.25) is 0 Å². The van der Waals surface area contributed by atoms with E-state index in [0.717, 1.165) is 16.5 Å². The van der Waals surface area contributed by atoms with E-state index in [-0.39, 0.29) is 0 Å². The van der Waals surface area contributed by atoms with E-state index in [0.29, 0.717) is 0 Å². The normalized spacial score (nSPS) is 11.0. The lowest BCUT2D eigenvalue weighted by molar-refractivity contribution is 1.66. The predicted octanol–water partition coefficient (Wildman–Crippen LogP) is 8.19. The molecule has 0 nitrogen and oxygen atoms in total. The van der Waals surface area contributed by atoms with Crippen molar-refractivity contribution in [2.24, 2.45) is 0 Å². The SMILES string of the molecule is Brc1cc(Br)c(-c2ccc(-c3sc(Br)cc3Br)cc2)s1. The Balaban J connectivity index is 1.99. The van der Waals surface area contributed by atoms with E-state index in [4.69, 9.17) is 0 Å². The second kappa shape index (κ2) is 6.34. The van der Waals surface area contributed by atoms with E-state index in [1.54, 1.807) is 22.7 Å². The fourth-order valence-electron chi connectivity index (χ4n) is 1.85. The molecular formula is C14H6Br4S2. The van der Waals surface area contributed by atoms with E-state index in [1.165, 1.54) is 20.9 Å². The van der Waals surface area contributed by atoms with Crippen molar-refractivity contribution in [3.05, 3.63) is 52.9 Å². The summed E-state index contributed by atoms with van der Waals surface area (Å²) in [6, 6.07) is 12.8. The summed E-state index contributed by atoms with van der Waals surface area (Å²) in [6.07, 6.45) is 0. The summed E-state index contributed by atoms with van der Waals surface area (Å²) in [5.41, 5.74) is 2.45. The molecule has 0 aliphatic carbocycles. The van der Waals surface area contributed by atoms with Crippen molar-refractivity contribution in [2.75, 3.05) is 0 Å². The fraction of sp³-hybridized carbons (Fsp3) is 0. The summed E-state index contributed by atoms with van der Waals surface area (Å²) in [5, 5.41) is 0. The molecule has 20 heavy (non-hydrogen) atoms. The average Bonchev–Trinajstić information content (AvgIpc) is 2.92. The fourth-order valence-corrected chi connectivity index (χ4v) is 7.16. The third-order valence-electron chi connectivity index (χ3n) is 2.72. The Morgan fingerprint density at radius 2 is 0.950 bits per heavy atom. The maximum atomic E-state index is 3.60. The highest BCUT2D eigenvalue weighted by molar-refractivity contribution is 9.12. The molecule has 0 amide bonds. The molecule has 3 aromatic rings. The van der Waals surface area contributed by atoms with Crippen LogP contribution in [0.2, 0.25) is 0 Å². The zero-order valence-corrected chi connectivity index (χ0v) is 17.8. The van der Waals surface area contributed by atoms with Gasteiger partial charge in [-0.1, -0.05) is 24.3 Å². The smallest absolute Gasteiger partial charge is 0.0716 e. The van der Waals surface area contributed by atoms with Crippen LogP contribution in [0, 0.1) is 0 Å². The third-order valence-corrected chi connectivity index (χ3v) is 7.87. The minimum absolute atomic E-state index is 1.13. The van der Waals surface area contributed by atoms with Gasteiger partial charge in [0.2, 0.25) is 0 Å². The van der Waals surface area contributed by atoms with Gasteiger partial charge in [0.25, 0.3) is 0 Å². The van der Waals surface area contributed by atoms with Crippen molar-refractivity contribution in [3.63, 3.8) is 0 Å². The van der Waals surface area contributed by atoms with Gasteiger partial charge in [-0.05, 0) is 87.0 Å². The molecule has 0 atom stereocenters. The summed E-state index contributed by atoms with van der Waals surface area (Å²) in [7, 11) is 0. The van der Waals surface area contributed by atoms with Crippen molar-refractivity contribution in [2.45, 2.75) is 0 Å². The highest BCUT2D eigenvalue weighted by Gasteiger charge is 2.10. The number of hydrogen-bond acceptors (Lipinski definition) is 2. The summed E-state index contributed by atoms with van der Waals surface area (Å²) in [6.45, 7) is 0. The molecular weight excluding hydrogens is 552 g/mol. The molecule has 6 heteroatoms. The Bertz CT molecular complexity index is 691. The highest BCUT2D eigenvalue weighted by atomic mass is 79.9. The maximum absolute atomic E-state index is 3.60. The molecule has 3 rings (SSSR count). The maximum Gasteiger partial charge on any atom is 0.0716 e. The van der Waals surface area contributed by atoms with Crippen LogP contribution in [0.3, 0.4) is 0 Å². The van der Waals surface area contributed by atoms with Crippen LogP contribution >= 0.6 is 86.4 Å². The number of thiophene rings is 2. The lowest BCUT2D eigenvalue weighted by atomic mass is 10.1. The standard InChI is InChI=1S/C14H6Br4S2/c15-9-5-11(17)19-13(9)7-1-2-8(4-3-7)14-10(16)6-12(18)20-14/h1-6H. The van der Waals surface area contributed by atoms with Crippen LogP contribution in [0.5, 0.6) is 0 Å². The van der Waals surface area contributed by atoms with Gasteiger partial charge in [0, 0.05) is 18.7 Å². The van der Waals surface area contributed by atoms with Gasteiger partial charge in [-0.2, -0.15) is 0 Å². The lowest BCUT2D eigenvalue weighted by Gasteiger charge is -2.02. The molecule has 0 aliphatic rings. The summed E-state index contributed by atoms with van der Waals surface area (Å²) in [4.78, 5) is 2.49. The Hall–Kier alpha value is 0.540. The molecule has 0 unspecified atom stereocenters. The summed E-state index contributed by atoms with van der Waals surface area (Å²) in [5.74, 6) is 0. The van der Waals surface area contributed by atoms with E-state index < -0.39 is 0 Å². The molecule has 0 saturated heterocycles. The van der Waals surface area contributed by atoms with E-state index in [2.05, 4.69) is 100 Å². The highest BCUT2D eigenvalue weighted by Crippen LogP contribution is 2.42. The minimum atomic E-state index is 1.13. The first-order chi connectivity index (χ1) is 9.54.